The third kappa shape index (κ3) is 26.5. The van der Waals surface area contributed by atoms with Crippen LogP contribution in [0.2, 0.25) is 0 Å². The summed E-state index contributed by atoms with van der Waals surface area (Å²) in [6.07, 6.45) is 28.3. The van der Waals surface area contributed by atoms with Crippen molar-refractivity contribution in [2.75, 3.05) is 33.9 Å². The van der Waals surface area contributed by atoms with Crippen LogP contribution in [-0.4, -0.2) is 50.7 Å². The van der Waals surface area contributed by atoms with Crippen LogP contribution < -0.4 is 0 Å². The lowest BCUT2D eigenvalue weighted by Crippen LogP contribution is -2.33. The molecular formula is C33H65NO4. The Balaban J connectivity index is 3.81. The average molecular weight is 540 g/mol. The van der Waals surface area contributed by atoms with Gasteiger partial charge in [-0.15, -0.1) is 0 Å². The number of unbranched alkanes of at least 4 members (excludes halogenated alkanes) is 20. The molecule has 0 unspecified atom stereocenters. The molecule has 0 aliphatic carbocycles. The molecule has 0 bridgehead atoms. The lowest BCUT2D eigenvalue weighted by Gasteiger charge is -2.20. The van der Waals surface area contributed by atoms with E-state index in [0.29, 0.717) is 19.6 Å². The molecule has 1 atom stereocenters. The standard InChI is InChI=1S/C33H65NO4/c1-5-7-9-11-13-15-17-19-21-23-25-27-32(35)38-30-31(29-34(3)4)33(36)37-28-26-24-22-20-18-16-14-12-10-8-6-2/h31H,5-30H2,1-4H3/t31-/m1/s1. The molecule has 0 aromatic carbocycles. The van der Waals surface area contributed by atoms with Crippen LogP contribution in [0.25, 0.3) is 0 Å². The quantitative estimate of drug-likeness (QED) is 0.0700. The molecule has 5 nitrogen and oxygen atoms in total. The zero-order valence-corrected chi connectivity index (χ0v) is 26.0. The second-order valence-corrected chi connectivity index (χ2v) is 11.6. The van der Waals surface area contributed by atoms with Gasteiger partial charge in [-0.25, -0.2) is 0 Å². The van der Waals surface area contributed by atoms with Crippen LogP contribution in [0.1, 0.15) is 162 Å². The normalized spacial score (nSPS) is 12.1. The number of ether oxygens (including phenoxy) is 2. The lowest BCUT2D eigenvalue weighted by atomic mass is 10.1. The van der Waals surface area contributed by atoms with E-state index in [0.717, 1.165) is 25.7 Å². The second kappa shape index (κ2) is 28.9. The van der Waals surface area contributed by atoms with E-state index < -0.39 is 5.92 Å². The Morgan fingerprint density at radius 2 is 0.947 bits per heavy atom. The van der Waals surface area contributed by atoms with E-state index in [-0.39, 0.29) is 18.5 Å². The molecule has 38 heavy (non-hydrogen) atoms. The monoisotopic (exact) mass is 539 g/mol. The first kappa shape index (κ1) is 36.9. The fraction of sp³-hybridized carbons (Fsp3) is 0.939. The number of hydrogen-bond donors (Lipinski definition) is 0. The third-order valence-electron chi connectivity index (χ3n) is 7.34. The molecule has 5 heteroatoms. The Labute approximate surface area is 237 Å². The Kier molecular flexibility index (Phi) is 28.1. The maximum atomic E-state index is 12.6. The van der Waals surface area contributed by atoms with E-state index >= 15 is 0 Å². The summed E-state index contributed by atoms with van der Waals surface area (Å²) >= 11 is 0. The highest BCUT2D eigenvalue weighted by Gasteiger charge is 2.23. The molecule has 226 valence electrons. The molecule has 0 aromatic rings. The topological polar surface area (TPSA) is 55.8 Å². The Hall–Kier alpha value is -1.10. The van der Waals surface area contributed by atoms with Crippen molar-refractivity contribution in [2.45, 2.75) is 162 Å². The molecule has 0 aliphatic rings. The Morgan fingerprint density at radius 3 is 1.37 bits per heavy atom. The summed E-state index contributed by atoms with van der Waals surface area (Å²) in [5, 5.41) is 0. The minimum atomic E-state index is -0.418. The molecule has 0 aliphatic heterocycles. The second-order valence-electron chi connectivity index (χ2n) is 11.6. The molecule has 0 saturated heterocycles. The van der Waals surface area contributed by atoms with E-state index in [4.69, 9.17) is 9.47 Å². The van der Waals surface area contributed by atoms with E-state index in [2.05, 4.69) is 13.8 Å². The first-order chi connectivity index (χ1) is 18.5. The molecule has 0 radical (unpaired) electrons. The van der Waals surface area contributed by atoms with Crippen molar-refractivity contribution in [3.63, 3.8) is 0 Å². The highest BCUT2D eigenvalue weighted by atomic mass is 16.5. The number of hydrogen-bond acceptors (Lipinski definition) is 5. The fourth-order valence-corrected chi connectivity index (χ4v) is 4.89. The molecule has 0 aromatic heterocycles. The van der Waals surface area contributed by atoms with Gasteiger partial charge in [0.2, 0.25) is 0 Å². The van der Waals surface area contributed by atoms with E-state index in [1.165, 1.54) is 116 Å². The number of carbonyl (C=O) groups is 2. The highest BCUT2D eigenvalue weighted by molar-refractivity contribution is 5.74. The first-order valence-corrected chi connectivity index (χ1v) is 16.5. The molecule has 0 N–H and O–H groups in total. The van der Waals surface area contributed by atoms with Crippen LogP contribution in [-0.2, 0) is 19.1 Å². The third-order valence-corrected chi connectivity index (χ3v) is 7.34. The van der Waals surface area contributed by atoms with Gasteiger partial charge in [0.1, 0.15) is 12.5 Å². The number of carbonyl (C=O) groups excluding carboxylic acids is 2. The SMILES string of the molecule is CCCCCCCCCCCCCOC(=O)[C@@H](COC(=O)CCCCCCCCCCCCC)CN(C)C. The zero-order chi connectivity index (χ0) is 28.1. The van der Waals surface area contributed by atoms with Gasteiger partial charge >= 0.3 is 11.9 Å². The summed E-state index contributed by atoms with van der Waals surface area (Å²) in [5.41, 5.74) is 0. The predicted octanol–water partition coefficient (Wildman–Crippen LogP) is 9.26. The Morgan fingerprint density at radius 1 is 0.553 bits per heavy atom. The first-order valence-electron chi connectivity index (χ1n) is 16.5. The van der Waals surface area contributed by atoms with Crippen molar-refractivity contribution in [2.24, 2.45) is 5.92 Å². The van der Waals surface area contributed by atoms with Crippen molar-refractivity contribution >= 4 is 11.9 Å². The van der Waals surface area contributed by atoms with Gasteiger partial charge < -0.3 is 14.4 Å². The summed E-state index contributed by atoms with van der Waals surface area (Å²) < 4.78 is 11.0. The van der Waals surface area contributed by atoms with Crippen LogP contribution in [0.4, 0.5) is 0 Å². The van der Waals surface area contributed by atoms with Gasteiger partial charge in [0.05, 0.1) is 6.61 Å². The zero-order valence-electron chi connectivity index (χ0n) is 26.0. The molecule has 0 fully saturated rings. The maximum Gasteiger partial charge on any atom is 0.313 e. The van der Waals surface area contributed by atoms with Crippen LogP contribution in [0, 0.1) is 5.92 Å². The smallest absolute Gasteiger partial charge is 0.313 e. The van der Waals surface area contributed by atoms with Crippen molar-refractivity contribution in [1.82, 2.24) is 4.90 Å². The summed E-state index contributed by atoms with van der Waals surface area (Å²) in [4.78, 5) is 26.7. The molecular weight excluding hydrogens is 474 g/mol. The minimum absolute atomic E-state index is 0.117. The highest BCUT2D eigenvalue weighted by Crippen LogP contribution is 2.14. The van der Waals surface area contributed by atoms with Gasteiger partial charge in [-0.3, -0.25) is 9.59 Å². The van der Waals surface area contributed by atoms with Crippen molar-refractivity contribution < 1.29 is 19.1 Å². The van der Waals surface area contributed by atoms with Crippen LogP contribution in [0.3, 0.4) is 0 Å². The van der Waals surface area contributed by atoms with Crippen LogP contribution in [0.5, 0.6) is 0 Å². The number of rotatable bonds is 29. The molecule has 0 rings (SSSR count). The summed E-state index contributed by atoms with van der Waals surface area (Å²) in [5.74, 6) is -0.852. The molecule has 0 spiro atoms. The van der Waals surface area contributed by atoms with E-state index in [1.54, 1.807) is 0 Å². The van der Waals surface area contributed by atoms with E-state index in [9.17, 15) is 9.59 Å². The van der Waals surface area contributed by atoms with Gasteiger partial charge in [-0.1, -0.05) is 142 Å². The maximum absolute atomic E-state index is 12.6. The van der Waals surface area contributed by atoms with Crippen LogP contribution >= 0.6 is 0 Å². The molecule has 0 amide bonds. The summed E-state index contributed by atoms with van der Waals surface area (Å²) in [6, 6.07) is 0. The van der Waals surface area contributed by atoms with Gasteiger partial charge in [-0.2, -0.15) is 0 Å². The lowest BCUT2D eigenvalue weighted by molar-refractivity contribution is -0.155. The summed E-state index contributed by atoms with van der Waals surface area (Å²) in [6.45, 7) is 5.63. The number of nitrogens with zero attached hydrogens (tertiary/aromatic N) is 1. The van der Waals surface area contributed by atoms with Crippen molar-refractivity contribution in [3.8, 4) is 0 Å². The van der Waals surface area contributed by atoms with Gasteiger partial charge in [0.15, 0.2) is 0 Å². The fourth-order valence-electron chi connectivity index (χ4n) is 4.89. The Bertz CT molecular complexity index is 523. The predicted molar refractivity (Wildman–Crippen MR) is 162 cm³/mol. The van der Waals surface area contributed by atoms with Crippen molar-refractivity contribution in [1.29, 1.82) is 0 Å². The average Bonchev–Trinajstić information content (AvgIpc) is 2.90. The van der Waals surface area contributed by atoms with Gasteiger partial charge in [-0.05, 0) is 26.9 Å². The number of esters is 2. The van der Waals surface area contributed by atoms with Gasteiger partial charge in [0.25, 0.3) is 0 Å². The minimum Gasteiger partial charge on any atom is -0.465 e. The molecule has 0 heterocycles. The summed E-state index contributed by atoms with van der Waals surface area (Å²) in [7, 11) is 3.86. The largest absolute Gasteiger partial charge is 0.465 e. The van der Waals surface area contributed by atoms with Crippen molar-refractivity contribution in [3.05, 3.63) is 0 Å². The van der Waals surface area contributed by atoms with Crippen LogP contribution in [0.15, 0.2) is 0 Å². The molecule has 0 saturated carbocycles. The van der Waals surface area contributed by atoms with E-state index in [1.807, 2.05) is 19.0 Å². The van der Waals surface area contributed by atoms with Gasteiger partial charge in [0, 0.05) is 13.0 Å².